The summed E-state index contributed by atoms with van der Waals surface area (Å²) in [6, 6.07) is 4.14. The molecule has 1 aromatic rings. The molecular weight excluding hydrogens is 243 g/mol. The quantitative estimate of drug-likeness (QED) is 0.809. The SMILES string of the molecule is CCNCc1ccc(S(=O)(=O)NCC)c(F)c1. The van der Waals surface area contributed by atoms with Gasteiger partial charge in [-0.2, -0.15) is 0 Å². The van der Waals surface area contributed by atoms with Gasteiger partial charge in [0.2, 0.25) is 10.0 Å². The first kappa shape index (κ1) is 14.1. The summed E-state index contributed by atoms with van der Waals surface area (Å²) in [6.45, 7) is 5.13. The predicted octanol–water partition coefficient (Wildman–Crippen LogP) is 1.23. The van der Waals surface area contributed by atoms with Gasteiger partial charge in [-0.25, -0.2) is 17.5 Å². The fourth-order valence-electron chi connectivity index (χ4n) is 1.41. The second kappa shape index (κ2) is 6.09. The maximum atomic E-state index is 13.6. The van der Waals surface area contributed by atoms with E-state index < -0.39 is 15.8 Å². The summed E-state index contributed by atoms with van der Waals surface area (Å²) in [6.07, 6.45) is 0. The minimum Gasteiger partial charge on any atom is -0.313 e. The van der Waals surface area contributed by atoms with Crippen molar-refractivity contribution in [3.8, 4) is 0 Å². The Morgan fingerprint density at radius 3 is 2.47 bits per heavy atom. The fourth-order valence-corrected chi connectivity index (χ4v) is 2.51. The summed E-state index contributed by atoms with van der Waals surface area (Å²) in [5, 5.41) is 3.04. The number of halogens is 1. The van der Waals surface area contributed by atoms with Gasteiger partial charge < -0.3 is 5.32 Å². The molecule has 0 radical (unpaired) electrons. The maximum Gasteiger partial charge on any atom is 0.243 e. The Kier molecular flexibility index (Phi) is 5.04. The highest BCUT2D eigenvalue weighted by Gasteiger charge is 2.17. The molecule has 6 heteroatoms. The van der Waals surface area contributed by atoms with E-state index in [9.17, 15) is 12.8 Å². The van der Waals surface area contributed by atoms with Gasteiger partial charge in [0.05, 0.1) is 0 Å². The van der Waals surface area contributed by atoms with Gasteiger partial charge in [0.1, 0.15) is 10.7 Å². The molecule has 0 aliphatic carbocycles. The molecule has 96 valence electrons. The molecular formula is C11H17FN2O2S. The average Bonchev–Trinajstić information content (AvgIpc) is 2.26. The molecule has 0 heterocycles. The molecule has 0 fully saturated rings. The third-order valence-corrected chi connectivity index (χ3v) is 3.78. The van der Waals surface area contributed by atoms with Gasteiger partial charge in [-0.15, -0.1) is 0 Å². The van der Waals surface area contributed by atoms with E-state index in [1.165, 1.54) is 12.1 Å². The molecule has 0 spiro atoms. The van der Waals surface area contributed by atoms with Gasteiger partial charge in [-0.3, -0.25) is 0 Å². The largest absolute Gasteiger partial charge is 0.313 e. The molecule has 0 aromatic heterocycles. The van der Waals surface area contributed by atoms with Crippen molar-refractivity contribution >= 4 is 10.0 Å². The third kappa shape index (κ3) is 3.76. The normalized spacial score (nSPS) is 11.7. The maximum absolute atomic E-state index is 13.6. The molecule has 0 bridgehead atoms. The standard InChI is InChI=1S/C11H17FN2O2S/c1-3-13-8-9-5-6-11(10(12)7-9)17(15,16)14-4-2/h5-7,13-14H,3-4,8H2,1-2H3. The first-order valence-electron chi connectivity index (χ1n) is 5.50. The van der Waals surface area contributed by atoms with Crippen LogP contribution in [0.15, 0.2) is 23.1 Å². The van der Waals surface area contributed by atoms with E-state index in [2.05, 4.69) is 10.0 Å². The lowest BCUT2D eigenvalue weighted by molar-refractivity contribution is 0.556. The van der Waals surface area contributed by atoms with Gasteiger partial charge in [-0.05, 0) is 24.2 Å². The first-order chi connectivity index (χ1) is 8.01. The van der Waals surface area contributed by atoms with Crippen molar-refractivity contribution in [2.75, 3.05) is 13.1 Å². The van der Waals surface area contributed by atoms with E-state index in [1.807, 2.05) is 6.92 Å². The second-order valence-corrected chi connectivity index (χ2v) is 5.28. The monoisotopic (exact) mass is 260 g/mol. The number of benzene rings is 1. The van der Waals surface area contributed by atoms with Crippen LogP contribution in [-0.2, 0) is 16.6 Å². The average molecular weight is 260 g/mol. The van der Waals surface area contributed by atoms with E-state index in [-0.39, 0.29) is 11.4 Å². The fraction of sp³-hybridized carbons (Fsp3) is 0.455. The van der Waals surface area contributed by atoms with E-state index in [1.54, 1.807) is 13.0 Å². The van der Waals surface area contributed by atoms with Crippen LogP contribution in [-0.4, -0.2) is 21.5 Å². The van der Waals surface area contributed by atoms with Crippen molar-refractivity contribution in [1.29, 1.82) is 0 Å². The molecule has 4 nitrogen and oxygen atoms in total. The Labute approximate surface area is 101 Å². The third-order valence-electron chi connectivity index (χ3n) is 2.20. The highest BCUT2D eigenvalue weighted by molar-refractivity contribution is 7.89. The topological polar surface area (TPSA) is 58.2 Å². The van der Waals surface area contributed by atoms with Gasteiger partial charge in [0, 0.05) is 13.1 Å². The molecule has 0 aliphatic rings. The zero-order chi connectivity index (χ0) is 12.9. The summed E-state index contributed by atoms with van der Waals surface area (Å²) >= 11 is 0. The highest BCUT2D eigenvalue weighted by atomic mass is 32.2. The zero-order valence-corrected chi connectivity index (χ0v) is 10.8. The van der Waals surface area contributed by atoms with Crippen LogP contribution in [0.4, 0.5) is 4.39 Å². The van der Waals surface area contributed by atoms with Crippen molar-refractivity contribution in [1.82, 2.24) is 10.0 Å². The summed E-state index contributed by atoms with van der Waals surface area (Å²) in [4.78, 5) is -0.306. The van der Waals surface area contributed by atoms with E-state index in [0.717, 1.165) is 12.1 Å². The molecule has 0 saturated heterocycles. The van der Waals surface area contributed by atoms with Crippen LogP contribution in [0.25, 0.3) is 0 Å². The van der Waals surface area contributed by atoms with E-state index >= 15 is 0 Å². The number of nitrogens with one attached hydrogen (secondary N) is 2. The zero-order valence-electron chi connectivity index (χ0n) is 9.96. The molecule has 2 N–H and O–H groups in total. The highest BCUT2D eigenvalue weighted by Crippen LogP contribution is 2.15. The number of hydrogen-bond donors (Lipinski definition) is 2. The molecule has 1 rings (SSSR count). The lowest BCUT2D eigenvalue weighted by atomic mass is 10.2. The Morgan fingerprint density at radius 1 is 1.24 bits per heavy atom. The number of sulfonamides is 1. The Bertz CT molecular complexity index is 474. The van der Waals surface area contributed by atoms with Gasteiger partial charge >= 0.3 is 0 Å². The molecule has 0 amide bonds. The molecule has 0 unspecified atom stereocenters. The first-order valence-corrected chi connectivity index (χ1v) is 6.98. The Hall–Kier alpha value is -0.980. The van der Waals surface area contributed by atoms with E-state index in [4.69, 9.17) is 0 Å². The van der Waals surface area contributed by atoms with Crippen LogP contribution < -0.4 is 10.0 Å². The van der Waals surface area contributed by atoms with Crippen molar-refractivity contribution in [3.63, 3.8) is 0 Å². The molecule has 0 aliphatic heterocycles. The van der Waals surface area contributed by atoms with Gasteiger partial charge in [0.15, 0.2) is 0 Å². The van der Waals surface area contributed by atoms with Crippen LogP contribution in [0.2, 0.25) is 0 Å². The van der Waals surface area contributed by atoms with Crippen LogP contribution in [0.3, 0.4) is 0 Å². The van der Waals surface area contributed by atoms with Crippen LogP contribution in [0.1, 0.15) is 19.4 Å². The van der Waals surface area contributed by atoms with Crippen LogP contribution >= 0.6 is 0 Å². The summed E-state index contributed by atoms with van der Waals surface area (Å²) in [5.74, 6) is -0.721. The lowest BCUT2D eigenvalue weighted by Crippen LogP contribution is -2.24. The summed E-state index contributed by atoms with van der Waals surface area (Å²) in [5.41, 5.74) is 0.722. The van der Waals surface area contributed by atoms with Gasteiger partial charge in [0.25, 0.3) is 0 Å². The Balaban J connectivity index is 2.97. The van der Waals surface area contributed by atoms with E-state index in [0.29, 0.717) is 6.54 Å². The Morgan fingerprint density at radius 2 is 1.94 bits per heavy atom. The summed E-state index contributed by atoms with van der Waals surface area (Å²) < 4.78 is 39.1. The molecule has 1 aromatic carbocycles. The predicted molar refractivity (Wildman–Crippen MR) is 64.6 cm³/mol. The van der Waals surface area contributed by atoms with Crippen molar-refractivity contribution in [2.24, 2.45) is 0 Å². The minimum atomic E-state index is -3.72. The van der Waals surface area contributed by atoms with Gasteiger partial charge in [-0.1, -0.05) is 19.9 Å². The van der Waals surface area contributed by atoms with Crippen molar-refractivity contribution in [2.45, 2.75) is 25.3 Å². The molecule has 17 heavy (non-hydrogen) atoms. The summed E-state index contributed by atoms with van der Waals surface area (Å²) in [7, 11) is -3.72. The minimum absolute atomic E-state index is 0.237. The van der Waals surface area contributed by atoms with Crippen molar-refractivity contribution in [3.05, 3.63) is 29.6 Å². The number of rotatable bonds is 6. The van der Waals surface area contributed by atoms with Crippen LogP contribution in [0, 0.1) is 5.82 Å². The molecule has 0 saturated carbocycles. The smallest absolute Gasteiger partial charge is 0.243 e. The van der Waals surface area contributed by atoms with Crippen LogP contribution in [0.5, 0.6) is 0 Å². The second-order valence-electron chi connectivity index (χ2n) is 3.55. The molecule has 0 atom stereocenters. The van der Waals surface area contributed by atoms with Crippen molar-refractivity contribution < 1.29 is 12.8 Å². The lowest BCUT2D eigenvalue weighted by Gasteiger charge is -2.08. The number of hydrogen-bond acceptors (Lipinski definition) is 3.